The number of amides is 1. The van der Waals surface area contributed by atoms with Crippen molar-refractivity contribution in [3.05, 3.63) is 34.6 Å². The summed E-state index contributed by atoms with van der Waals surface area (Å²) in [5.74, 6) is -2.29. The lowest BCUT2D eigenvalue weighted by Gasteiger charge is -2.36. The van der Waals surface area contributed by atoms with Crippen molar-refractivity contribution in [2.45, 2.75) is 18.9 Å². The highest BCUT2D eigenvalue weighted by molar-refractivity contribution is 6.30. The number of piperidine rings is 1. The van der Waals surface area contributed by atoms with Gasteiger partial charge in [-0.25, -0.2) is 9.18 Å². The Hall–Kier alpha value is -1.82. The van der Waals surface area contributed by atoms with Crippen molar-refractivity contribution in [3.63, 3.8) is 0 Å². The molecule has 2 atom stereocenters. The molecule has 0 spiro atoms. The summed E-state index contributed by atoms with van der Waals surface area (Å²) in [6.07, 6.45) is -0.902. The van der Waals surface area contributed by atoms with E-state index in [0.717, 1.165) is 11.0 Å². The zero-order chi connectivity index (χ0) is 14.9. The summed E-state index contributed by atoms with van der Waals surface area (Å²) in [6.45, 7) is 0.0685. The van der Waals surface area contributed by atoms with Crippen LogP contribution in [0, 0.1) is 11.7 Å². The first-order valence-corrected chi connectivity index (χ1v) is 6.45. The quantitative estimate of drug-likeness (QED) is 0.880. The molecule has 2 unspecified atom stereocenters. The molecule has 108 valence electrons. The number of hydrogen-bond donors (Lipinski definition) is 2. The summed E-state index contributed by atoms with van der Waals surface area (Å²) in [6, 6.07) is 3.16. The molecule has 1 amide bonds. The van der Waals surface area contributed by atoms with Crippen LogP contribution in [0.25, 0.3) is 0 Å². The van der Waals surface area contributed by atoms with Gasteiger partial charge in [0, 0.05) is 17.1 Å². The molecule has 1 aliphatic heterocycles. The average Bonchev–Trinajstić information content (AvgIpc) is 2.37. The summed E-state index contributed by atoms with van der Waals surface area (Å²) in [7, 11) is 0. The second kappa shape index (κ2) is 5.66. The molecular weight excluding hydrogens is 289 g/mol. The molecule has 0 aliphatic carbocycles. The van der Waals surface area contributed by atoms with Crippen molar-refractivity contribution in [1.82, 2.24) is 4.90 Å². The molecule has 1 heterocycles. The van der Waals surface area contributed by atoms with Gasteiger partial charge in [-0.1, -0.05) is 17.7 Å². The number of carbonyl (C=O) groups is 2. The topological polar surface area (TPSA) is 77.8 Å². The predicted octanol–water partition coefficient (Wildman–Crippen LogP) is 2.99. The molecular formula is C13H13ClFNO4. The van der Waals surface area contributed by atoms with Gasteiger partial charge in [0.2, 0.25) is 0 Å². The van der Waals surface area contributed by atoms with Crippen LogP contribution in [0.4, 0.5) is 9.18 Å². The van der Waals surface area contributed by atoms with Crippen LogP contribution in [0.15, 0.2) is 18.2 Å². The van der Waals surface area contributed by atoms with E-state index < -0.39 is 29.8 Å². The first kappa shape index (κ1) is 14.6. The fourth-order valence-corrected chi connectivity index (χ4v) is 2.64. The van der Waals surface area contributed by atoms with E-state index in [1.165, 1.54) is 12.1 Å². The van der Waals surface area contributed by atoms with Crippen LogP contribution in [0.3, 0.4) is 0 Å². The molecule has 1 aromatic rings. The minimum Gasteiger partial charge on any atom is -0.481 e. The monoisotopic (exact) mass is 301 g/mol. The van der Waals surface area contributed by atoms with Crippen LogP contribution in [0.1, 0.15) is 24.4 Å². The van der Waals surface area contributed by atoms with Gasteiger partial charge in [-0.3, -0.25) is 4.79 Å². The van der Waals surface area contributed by atoms with Gasteiger partial charge in [-0.15, -0.1) is 0 Å². The highest BCUT2D eigenvalue weighted by Crippen LogP contribution is 2.36. The third kappa shape index (κ3) is 2.85. The number of carboxylic acids is 1. The smallest absolute Gasteiger partial charge is 0.407 e. The Balaban J connectivity index is 2.36. The standard InChI is InChI=1S/C13H13ClFNO4/c14-8-1-2-9(10(15)6-8)11-5-7(12(17)18)3-4-16(11)13(19)20/h1-2,6-7,11H,3-5H2,(H,17,18)(H,19,20). The second-order valence-electron chi connectivity index (χ2n) is 4.72. The van der Waals surface area contributed by atoms with Crippen LogP contribution in [-0.4, -0.2) is 33.7 Å². The van der Waals surface area contributed by atoms with E-state index in [2.05, 4.69) is 0 Å². The van der Waals surface area contributed by atoms with Crippen molar-refractivity contribution in [2.24, 2.45) is 5.92 Å². The number of benzene rings is 1. The second-order valence-corrected chi connectivity index (χ2v) is 5.15. The van der Waals surface area contributed by atoms with Gasteiger partial charge in [0.15, 0.2) is 0 Å². The highest BCUT2D eigenvalue weighted by atomic mass is 35.5. The van der Waals surface area contributed by atoms with Crippen LogP contribution in [-0.2, 0) is 4.79 Å². The maximum Gasteiger partial charge on any atom is 0.407 e. The summed E-state index contributed by atoms with van der Waals surface area (Å²) in [4.78, 5) is 23.4. The predicted molar refractivity (Wildman–Crippen MR) is 69.2 cm³/mol. The first-order valence-electron chi connectivity index (χ1n) is 6.07. The van der Waals surface area contributed by atoms with Gasteiger partial charge < -0.3 is 15.1 Å². The highest BCUT2D eigenvalue weighted by Gasteiger charge is 2.36. The minimum atomic E-state index is -1.19. The van der Waals surface area contributed by atoms with E-state index in [-0.39, 0.29) is 30.0 Å². The summed E-state index contributed by atoms with van der Waals surface area (Å²) >= 11 is 5.67. The lowest BCUT2D eigenvalue weighted by atomic mass is 9.87. The molecule has 20 heavy (non-hydrogen) atoms. The number of nitrogens with zero attached hydrogens (tertiary/aromatic N) is 1. The Labute approximate surface area is 119 Å². The molecule has 1 aliphatic rings. The van der Waals surface area contributed by atoms with Crippen molar-refractivity contribution >= 4 is 23.7 Å². The van der Waals surface area contributed by atoms with Crippen LogP contribution in [0.2, 0.25) is 5.02 Å². The fourth-order valence-electron chi connectivity index (χ4n) is 2.49. The molecule has 5 nitrogen and oxygen atoms in total. The van der Waals surface area contributed by atoms with Crippen LogP contribution < -0.4 is 0 Å². The lowest BCUT2D eigenvalue weighted by molar-refractivity contribution is -0.144. The third-order valence-corrected chi connectivity index (χ3v) is 3.75. The van der Waals surface area contributed by atoms with Gasteiger partial charge >= 0.3 is 12.1 Å². The average molecular weight is 302 g/mol. The Morgan fingerprint density at radius 3 is 2.60 bits per heavy atom. The maximum absolute atomic E-state index is 13.9. The SMILES string of the molecule is O=C(O)C1CCN(C(=O)O)C(c2ccc(Cl)cc2F)C1. The Bertz CT molecular complexity index is 551. The summed E-state index contributed by atoms with van der Waals surface area (Å²) < 4.78 is 13.9. The summed E-state index contributed by atoms with van der Waals surface area (Å²) in [5.41, 5.74) is 0.155. The van der Waals surface area contributed by atoms with Gasteiger partial charge in [0.1, 0.15) is 5.82 Å². The molecule has 1 saturated heterocycles. The number of likely N-dealkylation sites (tertiary alicyclic amines) is 1. The first-order chi connectivity index (χ1) is 9.40. The largest absolute Gasteiger partial charge is 0.481 e. The number of halogens is 2. The number of carboxylic acid groups (broad SMARTS) is 2. The van der Waals surface area contributed by atoms with E-state index in [4.69, 9.17) is 16.7 Å². The van der Waals surface area contributed by atoms with E-state index >= 15 is 0 Å². The maximum atomic E-state index is 13.9. The molecule has 1 aromatic carbocycles. The summed E-state index contributed by atoms with van der Waals surface area (Å²) in [5, 5.41) is 18.4. The van der Waals surface area contributed by atoms with Crippen LogP contribution >= 0.6 is 11.6 Å². The zero-order valence-corrected chi connectivity index (χ0v) is 11.2. The van der Waals surface area contributed by atoms with Crippen molar-refractivity contribution in [2.75, 3.05) is 6.54 Å². The van der Waals surface area contributed by atoms with Crippen molar-refractivity contribution in [1.29, 1.82) is 0 Å². The fraction of sp³-hybridized carbons (Fsp3) is 0.385. The molecule has 0 radical (unpaired) electrons. The number of aliphatic carboxylic acids is 1. The Morgan fingerprint density at radius 2 is 2.05 bits per heavy atom. The molecule has 2 rings (SSSR count). The van der Waals surface area contributed by atoms with Crippen LogP contribution in [0.5, 0.6) is 0 Å². The molecule has 1 fully saturated rings. The normalized spacial score (nSPS) is 22.6. The van der Waals surface area contributed by atoms with Crippen molar-refractivity contribution < 1.29 is 24.2 Å². The van der Waals surface area contributed by atoms with E-state index in [1.807, 2.05) is 0 Å². The van der Waals surface area contributed by atoms with E-state index in [9.17, 15) is 19.1 Å². The minimum absolute atomic E-state index is 0.0557. The molecule has 2 N–H and O–H groups in total. The Morgan fingerprint density at radius 1 is 1.35 bits per heavy atom. The lowest BCUT2D eigenvalue weighted by Crippen LogP contribution is -2.42. The molecule has 0 aromatic heterocycles. The van der Waals surface area contributed by atoms with Gasteiger partial charge in [-0.2, -0.15) is 0 Å². The Kier molecular flexibility index (Phi) is 4.13. The zero-order valence-electron chi connectivity index (χ0n) is 10.4. The van der Waals surface area contributed by atoms with Crippen molar-refractivity contribution in [3.8, 4) is 0 Å². The molecule has 0 bridgehead atoms. The third-order valence-electron chi connectivity index (χ3n) is 3.52. The van der Waals surface area contributed by atoms with E-state index in [1.54, 1.807) is 0 Å². The van der Waals surface area contributed by atoms with E-state index in [0.29, 0.717) is 0 Å². The van der Waals surface area contributed by atoms with Gasteiger partial charge in [0.05, 0.1) is 12.0 Å². The number of hydrogen-bond acceptors (Lipinski definition) is 2. The van der Waals surface area contributed by atoms with Gasteiger partial charge in [0.25, 0.3) is 0 Å². The molecule has 0 saturated carbocycles. The van der Waals surface area contributed by atoms with Gasteiger partial charge in [-0.05, 0) is 25.0 Å². The molecule has 7 heteroatoms. The number of rotatable bonds is 2.